The number of amides is 1. The number of anilines is 1. The van der Waals surface area contributed by atoms with Crippen molar-refractivity contribution in [3.8, 4) is 0 Å². The summed E-state index contributed by atoms with van der Waals surface area (Å²) in [5.41, 5.74) is 2.63. The van der Waals surface area contributed by atoms with Gasteiger partial charge in [-0.2, -0.15) is 4.99 Å². The highest BCUT2D eigenvalue weighted by atomic mass is 35.5. The summed E-state index contributed by atoms with van der Waals surface area (Å²) in [5.74, 6) is -0.101. The van der Waals surface area contributed by atoms with Crippen LogP contribution in [0.1, 0.15) is 11.1 Å². The fourth-order valence-corrected chi connectivity index (χ4v) is 7.76. The van der Waals surface area contributed by atoms with Crippen LogP contribution in [0.25, 0.3) is 0 Å². The number of sulfone groups is 1. The summed E-state index contributed by atoms with van der Waals surface area (Å²) in [7, 11) is -3.09. The van der Waals surface area contributed by atoms with Crippen molar-refractivity contribution in [2.45, 2.75) is 24.6 Å². The average molecular weight is 435 g/mol. The van der Waals surface area contributed by atoms with E-state index in [2.05, 4.69) is 4.99 Å². The molecule has 4 rings (SSSR count). The molecule has 2 atom stereocenters. The van der Waals surface area contributed by atoms with E-state index < -0.39 is 9.84 Å². The number of fused-ring (bicyclic) bond motifs is 1. The molecule has 0 spiro atoms. The van der Waals surface area contributed by atoms with E-state index in [-0.39, 0.29) is 35.1 Å². The minimum atomic E-state index is -3.09. The normalized spacial score (nSPS) is 24.5. The maximum atomic E-state index is 12.6. The summed E-state index contributed by atoms with van der Waals surface area (Å²) < 4.78 is 24.3. The minimum Gasteiger partial charge on any atom is -0.315 e. The van der Waals surface area contributed by atoms with Crippen LogP contribution in [0.2, 0.25) is 5.02 Å². The van der Waals surface area contributed by atoms with Crippen LogP contribution >= 0.6 is 23.4 Å². The number of nitrogens with zero attached hydrogens (tertiary/aromatic N) is 2. The molecule has 28 heavy (non-hydrogen) atoms. The lowest BCUT2D eigenvalue weighted by Gasteiger charge is -2.26. The van der Waals surface area contributed by atoms with Crippen LogP contribution in [0.5, 0.6) is 0 Å². The number of thioether (sulfide) groups is 1. The largest absolute Gasteiger partial charge is 0.315 e. The lowest BCUT2D eigenvalue weighted by Crippen LogP contribution is -2.38. The highest BCUT2D eigenvalue weighted by molar-refractivity contribution is 8.16. The Morgan fingerprint density at radius 1 is 1.18 bits per heavy atom. The number of aliphatic imine (C=N–C) groups is 1. The Morgan fingerprint density at radius 2 is 1.89 bits per heavy atom. The molecule has 2 fully saturated rings. The number of halogens is 1. The maximum absolute atomic E-state index is 12.6. The molecular weight excluding hydrogens is 416 g/mol. The molecule has 2 aliphatic rings. The SMILES string of the molecule is Cc1ccccc1N1C(=NC(=O)Cc2ccccc2Cl)S[C@H]2CS(=O)(=O)C[C@@H]21. The Balaban J connectivity index is 1.67. The van der Waals surface area contributed by atoms with Crippen molar-refractivity contribution in [2.24, 2.45) is 4.99 Å². The van der Waals surface area contributed by atoms with Crippen LogP contribution in [-0.2, 0) is 21.1 Å². The van der Waals surface area contributed by atoms with Crippen LogP contribution in [0, 0.1) is 6.92 Å². The first-order valence-corrected chi connectivity index (χ1v) is 12.0. The number of carbonyl (C=O) groups excluding carboxylic acids is 1. The summed E-state index contributed by atoms with van der Waals surface area (Å²) in [6, 6.07) is 14.8. The Hall–Kier alpha value is -1.83. The van der Waals surface area contributed by atoms with Gasteiger partial charge in [0.1, 0.15) is 0 Å². The van der Waals surface area contributed by atoms with Gasteiger partial charge in [-0.25, -0.2) is 8.42 Å². The number of benzene rings is 2. The molecule has 2 heterocycles. The Labute approximate surface area is 173 Å². The van der Waals surface area contributed by atoms with Crippen LogP contribution in [-0.4, -0.2) is 42.3 Å². The van der Waals surface area contributed by atoms with Gasteiger partial charge in [0.2, 0.25) is 0 Å². The third kappa shape index (κ3) is 3.83. The molecule has 2 aliphatic heterocycles. The first-order chi connectivity index (χ1) is 13.3. The number of para-hydroxylation sites is 1. The van der Waals surface area contributed by atoms with Crippen molar-refractivity contribution in [3.05, 3.63) is 64.7 Å². The topological polar surface area (TPSA) is 66.8 Å². The third-order valence-electron chi connectivity index (χ3n) is 4.96. The fraction of sp³-hybridized carbons (Fsp3) is 0.300. The molecule has 0 aliphatic carbocycles. The molecule has 0 N–H and O–H groups in total. The van der Waals surface area contributed by atoms with E-state index in [0.29, 0.717) is 10.2 Å². The summed E-state index contributed by atoms with van der Waals surface area (Å²) in [5, 5.41) is 0.988. The highest BCUT2D eigenvalue weighted by Gasteiger charge is 2.49. The predicted molar refractivity (Wildman–Crippen MR) is 115 cm³/mol. The van der Waals surface area contributed by atoms with Crippen LogP contribution in [0.4, 0.5) is 5.69 Å². The number of aryl methyl sites for hydroxylation is 1. The van der Waals surface area contributed by atoms with E-state index in [1.54, 1.807) is 6.07 Å². The molecule has 146 valence electrons. The number of amidine groups is 1. The van der Waals surface area contributed by atoms with Crippen molar-refractivity contribution in [1.29, 1.82) is 0 Å². The molecule has 2 aromatic carbocycles. The summed E-state index contributed by atoms with van der Waals surface area (Å²) in [6.07, 6.45) is 0.110. The number of hydrogen-bond donors (Lipinski definition) is 0. The lowest BCUT2D eigenvalue weighted by atomic mass is 10.1. The van der Waals surface area contributed by atoms with E-state index in [4.69, 9.17) is 11.6 Å². The molecule has 2 aromatic rings. The quantitative estimate of drug-likeness (QED) is 0.739. The molecule has 0 bridgehead atoms. The Kier molecular flexibility index (Phi) is 5.24. The van der Waals surface area contributed by atoms with Gasteiger partial charge in [0, 0.05) is 16.0 Å². The van der Waals surface area contributed by atoms with Gasteiger partial charge >= 0.3 is 0 Å². The first kappa shape index (κ1) is 19.5. The lowest BCUT2D eigenvalue weighted by molar-refractivity contribution is -0.117. The van der Waals surface area contributed by atoms with Gasteiger partial charge in [-0.05, 0) is 30.2 Å². The van der Waals surface area contributed by atoms with Crippen LogP contribution in [0.3, 0.4) is 0 Å². The van der Waals surface area contributed by atoms with Crippen molar-refractivity contribution >= 4 is 50.0 Å². The number of hydrogen-bond acceptors (Lipinski definition) is 4. The fourth-order valence-electron chi connectivity index (χ4n) is 3.63. The van der Waals surface area contributed by atoms with Gasteiger partial charge in [-0.3, -0.25) is 4.79 Å². The van der Waals surface area contributed by atoms with E-state index in [9.17, 15) is 13.2 Å². The summed E-state index contributed by atoms with van der Waals surface area (Å²) in [4.78, 5) is 18.9. The average Bonchev–Trinajstić information content (AvgIpc) is 3.08. The molecule has 5 nitrogen and oxygen atoms in total. The zero-order chi connectivity index (χ0) is 19.9. The number of carbonyl (C=O) groups is 1. The Bertz CT molecular complexity index is 1070. The molecule has 0 aromatic heterocycles. The van der Waals surface area contributed by atoms with Gasteiger partial charge in [-0.15, -0.1) is 0 Å². The molecule has 0 radical (unpaired) electrons. The van der Waals surface area contributed by atoms with Crippen molar-refractivity contribution < 1.29 is 13.2 Å². The second-order valence-corrected chi connectivity index (χ2v) is 10.8. The van der Waals surface area contributed by atoms with Crippen molar-refractivity contribution in [3.63, 3.8) is 0 Å². The zero-order valence-corrected chi connectivity index (χ0v) is 17.6. The predicted octanol–water partition coefficient (Wildman–Crippen LogP) is 3.49. The maximum Gasteiger partial charge on any atom is 0.252 e. The second-order valence-electron chi connectivity index (χ2n) is 7.01. The molecule has 1 amide bonds. The summed E-state index contributed by atoms with van der Waals surface area (Å²) >= 11 is 7.54. The van der Waals surface area contributed by atoms with E-state index in [1.807, 2.05) is 54.3 Å². The summed E-state index contributed by atoms with van der Waals surface area (Å²) in [6.45, 7) is 1.97. The zero-order valence-electron chi connectivity index (χ0n) is 15.2. The molecule has 2 saturated heterocycles. The molecule has 0 unspecified atom stereocenters. The highest BCUT2D eigenvalue weighted by Crippen LogP contribution is 2.41. The van der Waals surface area contributed by atoms with Crippen molar-refractivity contribution in [1.82, 2.24) is 0 Å². The third-order valence-corrected chi connectivity index (χ3v) is 8.54. The van der Waals surface area contributed by atoms with Gasteiger partial charge in [0.05, 0.1) is 24.0 Å². The number of rotatable bonds is 3. The standard InChI is InChI=1S/C20H19ClN2O3S2/c1-13-6-2-5-9-16(13)23-17-11-28(25,26)12-18(17)27-20(23)22-19(24)10-14-7-3-4-8-15(14)21/h2-9,17-18H,10-12H2,1H3/t17-,18-/m0/s1. The van der Waals surface area contributed by atoms with E-state index >= 15 is 0 Å². The minimum absolute atomic E-state index is 0.0801. The van der Waals surface area contributed by atoms with Crippen LogP contribution < -0.4 is 4.90 Å². The van der Waals surface area contributed by atoms with Gasteiger partial charge in [0.15, 0.2) is 15.0 Å². The van der Waals surface area contributed by atoms with Crippen LogP contribution in [0.15, 0.2) is 53.5 Å². The second kappa shape index (κ2) is 7.54. The van der Waals surface area contributed by atoms with Gasteiger partial charge in [-0.1, -0.05) is 59.8 Å². The molecule has 0 saturated carbocycles. The first-order valence-electron chi connectivity index (χ1n) is 8.91. The van der Waals surface area contributed by atoms with E-state index in [0.717, 1.165) is 16.8 Å². The monoisotopic (exact) mass is 434 g/mol. The van der Waals surface area contributed by atoms with Gasteiger partial charge < -0.3 is 4.90 Å². The smallest absolute Gasteiger partial charge is 0.252 e. The van der Waals surface area contributed by atoms with Gasteiger partial charge in [0.25, 0.3) is 5.91 Å². The molecule has 8 heteroatoms. The van der Waals surface area contributed by atoms with Crippen molar-refractivity contribution in [2.75, 3.05) is 16.4 Å². The Morgan fingerprint density at radius 3 is 2.64 bits per heavy atom. The van der Waals surface area contributed by atoms with E-state index in [1.165, 1.54) is 11.8 Å². The molecular formula is C20H19ClN2O3S2.